The normalized spacial score (nSPS) is 13.0. The Morgan fingerprint density at radius 2 is 1.10 bits per heavy atom. The van der Waals surface area contributed by atoms with Gasteiger partial charge in [0, 0.05) is 6.42 Å². The molecule has 0 aliphatic rings. The quantitative estimate of drug-likeness (QED) is 0.0747. The predicted molar refractivity (Wildman–Crippen MR) is 194 cm³/mol. The van der Waals surface area contributed by atoms with E-state index < -0.39 is 43.7 Å². The Hall–Kier alpha value is -5.81. The fourth-order valence-electron chi connectivity index (χ4n) is 5.79. The van der Waals surface area contributed by atoms with Gasteiger partial charge < -0.3 is 25.6 Å². The van der Waals surface area contributed by atoms with Crippen molar-refractivity contribution in [2.75, 3.05) is 0 Å². The predicted octanol–water partition coefficient (Wildman–Crippen LogP) is 5.16. The number of carboxylic acid groups (broad SMARTS) is 1. The molecule has 5 rings (SSSR count). The number of rotatable bonds is 16. The topological polar surface area (TPSA) is 191 Å². The monoisotopic (exact) mass is 723 g/mol. The summed E-state index contributed by atoms with van der Waals surface area (Å²) in [5, 5.41) is 20.4. The van der Waals surface area contributed by atoms with Crippen molar-refractivity contribution in [1.82, 2.24) is 16.0 Å². The summed E-state index contributed by atoms with van der Waals surface area (Å²) in [7, 11) is -4.76. The van der Waals surface area contributed by atoms with E-state index in [0.717, 1.165) is 21.9 Å². The molecule has 0 saturated heterocycles. The lowest BCUT2D eigenvalue weighted by atomic mass is 9.99. The minimum atomic E-state index is -4.76. The van der Waals surface area contributed by atoms with Crippen LogP contribution in [0.15, 0.2) is 127 Å². The third-order valence-corrected chi connectivity index (χ3v) is 8.70. The zero-order chi connectivity index (χ0) is 37.1. The number of amides is 3. The van der Waals surface area contributed by atoms with Crippen molar-refractivity contribution in [1.29, 1.82) is 0 Å². The minimum Gasteiger partial charge on any atom is -0.480 e. The number of carbonyl (C=O) groups is 4. The van der Waals surface area contributed by atoms with Crippen LogP contribution in [-0.4, -0.2) is 44.6 Å². The van der Waals surface area contributed by atoms with Crippen molar-refractivity contribution < 1.29 is 43.2 Å². The second kappa shape index (κ2) is 17.4. The highest BCUT2D eigenvalue weighted by Crippen LogP contribution is 2.37. The van der Waals surface area contributed by atoms with Crippen LogP contribution in [0, 0.1) is 0 Å². The first-order valence-corrected chi connectivity index (χ1v) is 18.0. The first-order chi connectivity index (χ1) is 24.9. The number of hydrogen-bond donors (Lipinski definition) is 6. The van der Waals surface area contributed by atoms with E-state index in [1.54, 1.807) is 30.3 Å². The molecule has 3 atom stereocenters. The standard InChI is InChI=1S/C39H38N3O9P/c43-36(23-27-15-18-28-9-7-8-14-31(28)21-27)40-33(29-10-3-1-4-11-29)24-37(44)41-34(30-12-5-2-6-13-30)25-38(45)42-35(39(46)47)22-26-16-19-32(20-17-26)51-52(48,49)50/h1-21,33-35H,22-25H2,(H,40,43)(H,41,44)(H,42,45)(H,46,47)(H2,48,49,50)/t33?,34?,35-/m0/s1. The lowest BCUT2D eigenvalue weighted by Crippen LogP contribution is -2.44. The van der Waals surface area contributed by atoms with Crippen molar-refractivity contribution in [3.8, 4) is 5.75 Å². The first kappa shape index (κ1) is 37.4. The number of aliphatic carboxylic acids is 1. The van der Waals surface area contributed by atoms with E-state index in [1.165, 1.54) is 24.3 Å². The molecule has 12 nitrogen and oxygen atoms in total. The van der Waals surface area contributed by atoms with Gasteiger partial charge in [-0.15, -0.1) is 0 Å². The van der Waals surface area contributed by atoms with E-state index in [9.17, 15) is 28.8 Å². The largest absolute Gasteiger partial charge is 0.524 e. The fourth-order valence-corrected chi connectivity index (χ4v) is 6.19. The third kappa shape index (κ3) is 11.4. The maximum Gasteiger partial charge on any atom is 0.524 e. The number of nitrogens with one attached hydrogen (secondary N) is 3. The lowest BCUT2D eigenvalue weighted by molar-refractivity contribution is -0.142. The molecule has 0 aromatic heterocycles. The number of carboxylic acids is 1. The molecule has 0 fully saturated rings. The molecule has 0 saturated carbocycles. The van der Waals surface area contributed by atoms with Crippen molar-refractivity contribution in [3.05, 3.63) is 150 Å². The van der Waals surface area contributed by atoms with Crippen molar-refractivity contribution in [2.24, 2.45) is 0 Å². The van der Waals surface area contributed by atoms with Crippen molar-refractivity contribution in [3.63, 3.8) is 0 Å². The fraction of sp³-hybridized carbons (Fsp3) is 0.179. The Balaban J connectivity index is 1.25. The Morgan fingerprint density at radius 1 is 0.596 bits per heavy atom. The van der Waals surface area contributed by atoms with Crippen LogP contribution >= 0.6 is 7.82 Å². The van der Waals surface area contributed by atoms with Crippen molar-refractivity contribution in [2.45, 2.75) is 43.8 Å². The highest BCUT2D eigenvalue weighted by atomic mass is 31.2. The third-order valence-electron chi connectivity index (χ3n) is 8.25. The molecule has 0 radical (unpaired) electrons. The molecule has 5 aromatic carbocycles. The number of fused-ring (bicyclic) bond motifs is 1. The molecular weight excluding hydrogens is 685 g/mol. The van der Waals surface area contributed by atoms with Crippen LogP contribution in [-0.2, 0) is 36.6 Å². The van der Waals surface area contributed by atoms with Gasteiger partial charge in [0.1, 0.15) is 11.8 Å². The zero-order valence-corrected chi connectivity index (χ0v) is 28.8. The van der Waals surface area contributed by atoms with E-state index in [0.29, 0.717) is 11.1 Å². The highest BCUT2D eigenvalue weighted by Gasteiger charge is 2.26. The molecule has 13 heteroatoms. The molecule has 2 unspecified atom stereocenters. The minimum absolute atomic E-state index is 0.103. The molecule has 0 aliphatic heterocycles. The van der Waals surface area contributed by atoms with Gasteiger partial charge in [-0.05, 0) is 45.2 Å². The van der Waals surface area contributed by atoms with Crippen LogP contribution in [0.1, 0.15) is 47.2 Å². The van der Waals surface area contributed by atoms with Gasteiger partial charge in [-0.1, -0.05) is 115 Å². The van der Waals surface area contributed by atoms with E-state index in [1.807, 2.05) is 72.8 Å². The van der Waals surface area contributed by atoms with Gasteiger partial charge in [0.05, 0.1) is 31.3 Å². The summed E-state index contributed by atoms with van der Waals surface area (Å²) >= 11 is 0. The molecule has 52 heavy (non-hydrogen) atoms. The van der Waals surface area contributed by atoms with Gasteiger partial charge in [0.2, 0.25) is 17.7 Å². The Bertz CT molecular complexity index is 2050. The summed E-state index contributed by atoms with van der Waals surface area (Å²) in [5.74, 6) is -2.73. The summed E-state index contributed by atoms with van der Waals surface area (Å²) in [6.45, 7) is 0. The molecule has 3 amide bonds. The Labute approximate surface area is 300 Å². The molecule has 268 valence electrons. The van der Waals surface area contributed by atoms with Gasteiger partial charge in [0.25, 0.3) is 0 Å². The van der Waals surface area contributed by atoms with Gasteiger partial charge in [0.15, 0.2) is 0 Å². The van der Waals surface area contributed by atoms with E-state index in [-0.39, 0.29) is 37.3 Å². The summed E-state index contributed by atoms with van der Waals surface area (Å²) in [5.41, 5.74) is 2.64. The summed E-state index contributed by atoms with van der Waals surface area (Å²) < 4.78 is 15.6. The number of phosphoric ester groups is 1. The second-order valence-electron chi connectivity index (χ2n) is 12.2. The molecule has 0 aliphatic carbocycles. The molecule has 0 heterocycles. The van der Waals surface area contributed by atoms with Gasteiger partial charge >= 0.3 is 13.8 Å². The van der Waals surface area contributed by atoms with Crippen molar-refractivity contribution >= 4 is 42.3 Å². The van der Waals surface area contributed by atoms with Crippen LogP contribution in [0.4, 0.5) is 0 Å². The lowest BCUT2D eigenvalue weighted by Gasteiger charge is -2.23. The zero-order valence-electron chi connectivity index (χ0n) is 27.9. The Kier molecular flexibility index (Phi) is 12.5. The molecule has 6 N–H and O–H groups in total. The van der Waals surface area contributed by atoms with Gasteiger partial charge in [-0.3, -0.25) is 24.2 Å². The molecular formula is C39H38N3O9P. The van der Waals surface area contributed by atoms with Crippen LogP contribution in [0.2, 0.25) is 0 Å². The second-order valence-corrected chi connectivity index (χ2v) is 13.4. The maximum atomic E-state index is 13.6. The average molecular weight is 724 g/mol. The number of hydrogen-bond acceptors (Lipinski definition) is 6. The van der Waals surface area contributed by atoms with Gasteiger partial charge in [-0.2, -0.15) is 0 Å². The first-order valence-electron chi connectivity index (χ1n) is 16.4. The highest BCUT2D eigenvalue weighted by molar-refractivity contribution is 7.46. The molecule has 0 spiro atoms. The molecule has 5 aromatic rings. The van der Waals surface area contributed by atoms with E-state index in [2.05, 4.69) is 20.5 Å². The SMILES string of the molecule is O=C(Cc1ccc2ccccc2c1)NC(CC(=O)NC(CC(=O)N[C@@H](Cc1ccc(OP(=O)(O)O)cc1)C(=O)O)c1ccccc1)c1ccccc1. The molecule has 0 bridgehead atoms. The van der Waals surface area contributed by atoms with Crippen LogP contribution < -0.4 is 20.5 Å². The average Bonchev–Trinajstić information content (AvgIpc) is 3.11. The number of carbonyl (C=O) groups excluding carboxylic acids is 3. The van der Waals surface area contributed by atoms with Gasteiger partial charge in [-0.25, -0.2) is 9.36 Å². The van der Waals surface area contributed by atoms with E-state index >= 15 is 0 Å². The summed E-state index contributed by atoms with van der Waals surface area (Å²) in [6.07, 6.45) is -0.424. The van der Waals surface area contributed by atoms with Crippen LogP contribution in [0.5, 0.6) is 5.75 Å². The summed E-state index contributed by atoms with van der Waals surface area (Å²) in [4.78, 5) is 70.3. The number of benzene rings is 5. The Morgan fingerprint density at radius 3 is 1.65 bits per heavy atom. The number of phosphoric acid groups is 1. The maximum absolute atomic E-state index is 13.6. The van der Waals surface area contributed by atoms with E-state index in [4.69, 9.17) is 9.79 Å². The van der Waals surface area contributed by atoms with Crippen LogP contribution in [0.25, 0.3) is 10.8 Å². The van der Waals surface area contributed by atoms with Crippen LogP contribution in [0.3, 0.4) is 0 Å². The smallest absolute Gasteiger partial charge is 0.480 e. The summed E-state index contributed by atoms with van der Waals surface area (Å²) in [6, 6.07) is 34.2.